The highest BCUT2D eigenvalue weighted by Crippen LogP contribution is 2.42. The first-order chi connectivity index (χ1) is 7.31. The lowest BCUT2D eigenvalue weighted by Gasteiger charge is -2.54. The van der Waals surface area contributed by atoms with Gasteiger partial charge in [0.05, 0.1) is 6.54 Å². The molecule has 0 aliphatic carbocycles. The summed E-state index contributed by atoms with van der Waals surface area (Å²) in [5, 5.41) is 8.76. The van der Waals surface area contributed by atoms with Crippen LogP contribution in [0.4, 0.5) is 0 Å². The molecule has 0 amide bonds. The lowest BCUT2D eigenvalue weighted by molar-refractivity contribution is -0.138. The molecule has 4 nitrogen and oxygen atoms in total. The topological polar surface area (TPSA) is 43.8 Å². The Bertz CT molecular complexity index is 290. The normalized spacial score (nSPS) is 25.9. The molecule has 2 aliphatic heterocycles. The van der Waals surface area contributed by atoms with E-state index in [2.05, 4.69) is 30.6 Å². The molecule has 0 unspecified atom stereocenters. The van der Waals surface area contributed by atoms with Gasteiger partial charge < -0.3 is 5.11 Å². The van der Waals surface area contributed by atoms with E-state index in [9.17, 15) is 4.79 Å². The van der Waals surface area contributed by atoms with Crippen molar-refractivity contribution in [2.75, 3.05) is 32.7 Å². The molecule has 2 fully saturated rings. The summed E-state index contributed by atoms with van der Waals surface area (Å²) >= 11 is 0. The summed E-state index contributed by atoms with van der Waals surface area (Å²) in [5.41, 5.74) is 0.647. The fraction of sp³-hybridized carbons (Fsp3) is 0.917. The molecule has 16 heavy (non-hydrogen) atoms. The fourth-order valence-electron chi connectivity index (χ4n) is 2.85. The largest absolute Gasteiger partial charge is 0.480 e. The van der Waals surface area contributed by atoms with Crippen LogP contribution < -0.4 is 0 Å². The molecule has 0 aromatic rings. The zero-order valence-electron chi connectivity index (χ0n) is 10.5. The highest BCUT2D eigenvalue weighted by atomic mass is 16.4. The number of hydrogen-bond acceptors (Lipinski definition) is 3. The molecule has 0 saturated carbocycles. The molecule has 0 aromatic heterocycles. The average Bonchev–Trinajstić information content (AvgIpc) is 2.42. The number of rotatable bonds is 2. The molecule has 2 rings (SSSR count). The van der Waals surface area contributed by atoms with Crippen LogP contribution in [0.5, 0.6) is 0 Å². The van der Waals surface area contributed by atoms with Crippen molar-refractivity contribution in [1.82, 2.24) is 9.80 Å². The van der Waals surface area contributed by atoms with Crippen molar-refractivity contribution >= 4 is 5.97 Å². The number of likely N-dealkylation sites (tertiary alicyclic amines) is 2. The van der Waals surface area contributed by atoms with Gasteiger partial charge in [-0.15, -0.1) is 0 Å². The molecule has 0 atom stereocenters. The van der Waals surface area contributed by atoms with E-state index in [-0.39, 0.29) is 12.1 Å². The summed E-state index contributed by atoms with van der Waals surface area (Å²) in [6.45, 7) is 11.1. The molecule has 0 aromatic carbocycles. The Hall–Kier alpha value is -0.610. The van der Waals surface area contributed by atoms with Crippen LogP contribution in [0.25, 0.3) is 0 Å². The van der Waals surface area contributed by atoms with Crippen molar-refractivity contribution in [2.45, 2.75) is 32.7 Å². The van der Waals surface area contributed by atoms with E-state index in [0.717, 1.165) is 32.6 Å². The monoisotopic (exact) mass is 226 g/mol. The van der Waals surface area contributed by atoms with Gasteiger partial charge in [0.1, 0.15) is 0 Å². The standard InChI is InChI=1S/C12H22N2O2/c1-11(2,3)14-8-12(9-14)4-5-13(7-12)6-10(15)16/h4-9H2,1-3H3,(H,15,16). The lowest BCUT2D eigenvalue weighted by Crippen LogP contribution is -2.63. The molecule has 2 saturated heterocycles. The Balaban J connectivity index is 1.85. The van der Waals surface area contributed by atoms with Crippen LogP contribution in [0.1, 0.15) is 27.2 Å². The summed E-state index contributed by atoms with van der Waals surface area (Å²) in [5.74, 6) is -0.705. The zero-order valence-corrected chi connectivity index (χ0v) is 10.5. The van der Waals surface area contributed by atoms with Crippen LogP contribution in [0, 0.1) is 5.41 Å². The molecule has 92 valence electrons. The summed E-state index contributed by atoms with van der Waals surface area (Å²) in [6, 6.07) is 0. The molecule has 1 spiro atoms. The number of carboxylic acid groups (broad SMARTS) is 1. The maximum Gasteiger partial charge on any atom is 0.317 e. The van der Waals surface area contributed by atoms with Gasteiger partial charge in [0.25, 0.3) is 0 Å². The van der Waals surface area contributed by atoms with Crippen molar-refractivity contribution in [3.63, 3.8) is 0 Å². The predicted octanol–water partition coefficient (Wildman–Crippen LogP) is 0.877. The molecule has 2 aliphatic rings. The predicted molar refractivity (Wildman–Crippen MR) is 62.5 cm³/mol. The van der Waals surface area contributed by atoms with E-state index < -0.39 is 5.97 Å². The third-order valence-electron chi connectivity index (χ3n) is 3.88. The van der Waals surface area contributed by atoms with E-state index in [0.29, 0.717) is 5.41 Å². The van der Waals surface area contributed by atoms with E-state index in [4.69, 9.17) is 5.11 Å². The first-order valence-corrected chi connectivity index (χ1v) is 6.00. The van der Waals surface area contributed by atoms with Crippen LogP contribution in [-0.2, 0) is 4.79 Å². The minimum absolute atomic E-state index is 0.206. The first kappa shape index (κ1) is 11.9. The molecular weight excluding hydrogens is 204 g/mol. The molecule has 0 radical (unpaired) electrons. The Labute approximate surface area is 97.2 Å². The van der Waals surface area contributed by atoms with E-state index in [1.165, 1.54) is 0 Å². The molecule has 1 N–H and O–H groups in total. The molecule has 0 bridgehead atoms. The first-order valence-electron chi connectivity index (χ1n) is 6.00. The molecule has 4 heteroatoms. The fourth-order valence-corrected chi connectivity index (χ4v) is 2.85. The van der Waals surface area contributed by atoms with Crippen LogP contribution in [0.15, 0.2) is 0 Å². The number of carbonyl (C=O) groups is 1. The summed E-state index contributed by atoms with van der Waals surface area (Å²) in [7, 11) is 0. The quantitative estimate of drug-likeness (QED) is 0.759. The number of nitrogens with zero attached hydrogens (tertiary/aromatic N) is 2. The van der Waals surface area contributed by atoms with Crippen LogP contribution in [-0.4, -0.2) is 59.1 Å². The van der Waals surface area contributed by atoms with Crippen molar-refractivity contribution in [3.8, 4) is 0 Å². The molecular formula is C12H22N2O2. The highest BCUT2D eigenvalue weighted by molar-refractivity contribution is 5.69. The van der Waals surface area contributed by atoms with Gasteiger partial charge in [-0.3, -0.25) is 14.6 Å². The Morgan fingerprint density at radius 2 is 1.94 bits per heavy atom. The second kappa shape index (κ2) is 3.70. The molecule has 2 heterocycles. The van der Waals surface area contributed by atoms with Crippen molar-refractivity contribution in [1.29, 1.82) is 0 Å². The smallest absolute Gasteiger partial charge is 0.317 e. The van der Waals surface area contributed by atoms with Gasteiger partial charge in [0, 0.05) is 30.6 Å². The van der Waals surface area contributed by atoms with E-state index in [1.54, 1.807) is 0 Å². The highest BCUT2D eigenvalue weighted by Gasteiger charge is 2.50. The minimum Gasteiger partial charge on any atom is -0.480 e. The Morgan fingerprint density at radius 1 is 1.31 bits per heavy atom. The van der Waals surface area contributed by atoms with Crippen LogP contribution in [0.3, 0.4) is 0 Å². The second-order valence-corrected chi connectivity index (χ2v) is 6.38. The second-order valence-electron chi connectivity index (χ2n) is 6.38. The van der Waals surface area contributed by atoms with E-state index >= 15 is 0 Å². The van der Waals surface area contributed by atoms with Crippen molar-refractivity contribution in [2.24, 2.45) is 5.41 Å². The minimum atomic E-state index is -0.705. The van der Waals surface area contributed by atoms with Gasteiger partial charge >= 0.3 is 5.97 Å². The van der Waals surface area contributed by atoms with Gasteiger partial charge in [0.2, 0.25) is 0 Å². The summed E-state index contributed by atoms with van der Waals surface area (Å²) < 4.78 is 0. The number of hydrogen-bond donors (Lipinski definition) is 1. The lowest BCUT2D eigenvalue weighted by atomic mass is 9.76. The Morgan fingerprint density at radius 3 is 2.44 bits per heavy atom. The van der Waals surface area contributed by atoms with Crippen LogP contribution in [0.2, 0.25) is 0 Å². The summed E-state index contributed by atoms with van der Waals surface area (Å²) in [6.07, 6.45) is 1.16. The average molecular weight is 226 g/mol. The van der Waals surface area contributed by atoms with Crippen molar-refractivity contribution in [3.05, 3.63) is 0 Å². The SMILES string of the molecule is CC(C)(C)N1CC2(CCN(CC(=O)O)C2)C1. The van der Waals surface area contributed by atoms with Crippen molar-refractivity contribution < 1.29 is 9.90 Å². The third kappa shape index (κ3) is 2.23. The van der Waals surface area contributed by atoms with Gasteiger partial charge in [-0.05, 0) is 33.7 Å². The van der Waals surface area contributed by atoms with Gasteiger partial charge in [0.15, 0.2) is 0 Å². The van der Waals surface area contributed by atoms with E-state index in [1.807, 2.05) is 0 Å². The van der Waals surface area contributed by atoms with Crippen LogP contribution >= 0.6 is 0 Å². The van der Waals surface area contributed by atoms with Gasteiger partial charge in [-0.2, -0.15) is 0 Å². The third-order valence-corrected chi connectivity index (χ3v) is 3.88. The maximum absolute atomic E-state index is 10.6. The summed E-state index contributed by atoms with van der Waals surface area (Å²) in [4.78, 5) is 15.2. The Kier molecular flexibility index (Phi) is 2.75. The zero-order chi connectivity index (χ0) is 12.0. The van der Waals surface area contributed by atoms with Gasteiger partial charge in [-0.25, -0.2) is 0 Å². The maximum atomic E-state index is 10.6. The number of carboxylic acids is 1. The number of aliphatic carboxylic acids is 1. The van der Waals surface area contributed by atoms with Gasteiger partial charge in [-0.1, -0.05) is 0 Å².